The van der Waals surface area contributed by atoms with Crippen molar-refractivity contribution in [2.75, 3.05) is 6.54 Å². The molecule has 0 saturated heterocycles. The first kappa shape index (κ1) is 38.5. The van der Waals surface area contributed by atoms with E-state index in [9.17, 15) is 4.79 Å². The first-order chi connectivity index (χ1) is 18.6. The molecule has 0 aliphatic carbocycles. The van der Waals surface area contributed by atoms with Gasteiger partial charge in [-0.15, -0.1) is 33.2 Å². The summed E-state index contributed by atoms with van der Waals surface area (Å²) in [4.78, 5) is 13.6. The van der Waals surface area contributed by atoms with Crippen LogP contribution in [-0.2, 0) is 4.79 Å². The molecule has 0 aromatic rings. The van der Waals surface area contributed by atoms with E-state index in [0.717, 1.165) is 18.9 Å². The highest BCUT2D eigenvalue weighted by Gasteiger charge is 2.23. The second-order valence-corrected chi connectivity index (χ2v) is 20.9. The fourth-order valence-electron chi connectivity index (χ4n) is 5.33. The lowest BCUT2D eigenvalue weighted by Crippen LogP contribution is -2.07. The van der Waals surface area contributed by atoms with E-state index in [1.165, 1.54) is 173 Å². The van der Waals surface area contributed by atoms with Gasteiger partial charge in [0.15, 0.2) is 0 Å². The van der Waals surface area contributed by atoms with E-state index in [0.29, 0.717) is 6.54 Å². The fourth-order valence-corrected chi connectivity index (χ4v) is 7.19. The summed E-state index contributed by atoms with van der Waals surface area (Å²) in [7, 11) is 0. The van der Waals surface area contributed by atoms with E-state index in [4.69, 9.17) is 33.2 Å². The smallest absolute Gasteiger partial charge is 0.211 e. The Morgan fingerprint density at radius 2 is 0.579 bits per heavy atom. The monoisotopic (exact) mass is 609 g/mol. The molecule has 0 unspecified atom stereocenters. The molecule has 0 spiro atoms. The summed E-state index contributed by atoms with van der Waals surface area (Å²) in [5.41, 5.74) is 0. The third-order valence-electron chi connectivity index (χ3n) is 7.79. The molecule has 0 amide bonds. The van der Waals surface area contributed by atoms with Crippen molar-refractivity contribution >= 4 is 45.3 Å². The van der Waals surface area contributed by atoms with Crippen molar-refractivity contribution in [1.82, 2.24) is 0 Å². The maximum absolute atomic E-state index is 9.98. The zero-order valence-corrected chi connectivity index (χ0v) is 28.2. The van der Waals surface area contributed by atoms with Crippen molar-refractivity contribution in [2.45, 2.75) is 192 Å². The van der Waals surface area contributed by atoms with Crippen LogP contribution in [0, 0.1) is 0 Å². The minimum absolute atomic E-state index is 0.664. The highest BCUT2D eigenvalue weighted by atomic mass is 35.8. The standard InChI is InChI=1S/C32H62Cl3NOSi/c33-38(34,35)31-29-27-25-23-21-19-17-15-13-11-9-7-5-3-1-2-4-6-8-10-12-14-16-18-20-22-24-26-28-30-36-32-37/h1-31H2. The van der Waals surface area contributed by atoms with Gasteiger partial charge in [0, 0.05) is 0 Å². The van der Waals surface area contributed by atoms with E-state index in [2.05, 4.69) is 4.99 Å². The number of hydrogen-bond donors (Lipinski definition) is 0. The second-order valence-electron chi connectivity index (χ2n) is 11.6. The number of rotatable bonds is 32. The van der Waals surface area contributed by atoms with Crippen LogP contribution in [0.25, 0.3) is 0 Å². The van der Waals surface area contributed by atoms with Crippen molar-refractivity contribution in [3.8, 4) is 0 Å². The SMILES string of the molecule is O=C=NCCCCCCCCCCCCCCCCCCCCCCCCCCCCCCC[Si](Cl)(Cl)Cl. The number of nitrogens with zero attached hydrogens (tertiary/aromatic N) is 1. The Balaban J connectivity index is 3.05. The molecule has 2 nitrogen and oxygen atoms in total. The zero-order chi connectivity index (χ0) is 27.8. The normalized spacial score (nSPS) is 11.7. The van der Waals surface area contributed by atoms with Crippen LogP contribution < -0.4 is 0 Å². The molecule has 38 heavy (non-hydrogen) atoms. The lowest BCUT2D eigenvalue weighted by atomic mass is 10.0. The molecule has 0 saturated carbocycles. The molecule has 0 radical (unpaired) electrons. The third kappa shape index (κ3) is 36.5. The maximum Gasteiger partial charge on any atom is 0.341 e. The number of isocyanates is 1. The molecular weight excluding hydrogens is 549 g/mol. The Bertz CT molecular complexity index is 509. The van der Waals surface area contributed by atoms with Gasteiger partial charge in [-0.1, -0.05) is 180 Å². The summed E-state index contributed by atoms with van der Waals surface area (Å²) in [6, 6.07) is -1.55. The number of hydrogen-bond acceptors (Lipinski definition) is 2. The molecule has 6 heteroatoms. The van der Waals surface area contributed by atoms with Gasteiger partial charge in [-0.3, -0.25) is 0 Å². The lowest BCUT2D eigenvalue weighted by Gasteiger charge is -2.07. The fraction of sp³-hybridized carbons (Fsp3) is 0.969. The van der Waals surface area contributed by atoms with Crippen LogP contribution in [0.2, 0.25) is 6.04 Å². The van der Waals surface area contributed by atoms with E-state index in [1.54, 1.807) is 6.08 Å². The van der Waals surface area contributed by atoms with Crippen LogP contribution >= 0.6 is 33.2 Å². The van der Waals surface area contributed by atoms with Crippen LogP contribution in [0.1, 0.15) is 186 Å². The van der Waals surface area contributed by atoms with Crippen LogP contribution in [0.3, 0.4) is 0 Å². The van der Waals surface area contributed by atoms with Gasteiger partial charge in [-0.2, -0.15) is 0 Å². The molecule has 0 rings (SSSR count). The predicted molar refractivity (Wildman–Crippen MR) is 175 cm³/mol. The van der Waals surface area contributed by atoms with E-state index < -0.39 is 6.00 Å². The first-order valence-electron chi connectivity index (χ1n) is 16.7. The molecule has 0 aromatic heterocycles. The van der Waals surface area contributed by atoms with Crippen molar-refractivity contribution in [3.63, 3.8) is 0 Å². The quantitative estimate of drug-likeness (QED) is 0.0245. The summed E-state index contributed by atoms with van der Waals surface area (Å²) in [5, 5.41) is 0. The maximum atomic E-state index is 9.98. The van der Waals surface area contributed by atoms with Gasteiger partial charge in [0.2, 0.25) is 6.08 Å². The average Bonchev–Trinajstić information content (AvgIpc) is 2.88. The Morgan fingerprint density at radius 3 is 0.789 bits per heavy atom. The molecule has 226 valence electrons. The number of carbonyl (C=O) groups excluding carboxylic acids is 1. The van der Waals surface area contributed by atoms with Crippen LogP contribution in [0.5, 0.6) is 0 Å². The zero-order valence-electron chi connectivity index (χ0n) is 24.9. The van der Waals surface area contributed by atoms with Gasteiger partial charge in [-0.05, 0) is 12.5 Å². The van der Waals surface area contributed by atoms with Crippen molar-refractivity contribution < 1.29 is 4.79 Å². The summed E-state index contributed by atoms with van der Waals surface area (Å²) >= 11 is 17.8. The molecule has 0 fully saturated rings. The Kier molecular flexibility index (Phi) is 32.4. The van der Waals surface area contributed by atoms with Crippen molar-refractivity contribution in [3.05, 3.63) is 0 Å². The Hall–Kier alpha value is 0.467. The molecule has 0 N–H and O–H groups in total. The van der Waals surface area contributed by atoms with Gasteiger partial charge in [0.1, 0.15) is 0 Å². The lowest BCUT2D eigenvalue weighted by molar-refractivity contribution is 0.513. The van der Waals surface area contributed by atoms with Gasteiger partial charge in [0.25, 0.3) is 0 Å². The van der Waals surface area contributed by atoms with Gasteiger partial charge in [-0.25, -0.2) is 9.79 Å². The van der Waals surface area contributed by atoms with Crippen LogP contribution in [0.4, 0.5) is 0 Å². The van der Waals surface area contributed by atoms with Crippen LogP contribution in [0.15, 0.2) is 4.99 Å². The number of aliphatic imine (C=N–C) groups is 1. The Morgan fingerprint density at radius 1 is 0.368 bits per heavy atom. The highest BCUT2D eigenvalue weighted by Crippen LogP contribution is 2.27. The van der Waals surface area contributed by atoms with Gasteiger partial charge >= 0.3 is 6.00 Å². The molecule has 0 aliphatic rings. The molecule has 0 aromatic carbocycles. The minimum Gasteiger partial charge on any atom is -0.211 e. The third-order valence-corrected chi connectivity index (χ3v) is 10.4. The molecular formula is C32H62Cl3NOSi. The number of halogens is 3. The molecule has 0 atom stereocenters. The highest BCUT2D eigenvalue weighted by molar-refractivity contribution is 7.64. The summed E-state index contributed by atoms with van der Waals surface area (Å²) in [6.07, 6.45) is 41.6. The summed E-state index contributed by atoms with van der Waals surface area (Å²) < 4.78 is 0. The number of unbranched alkanes of at least 4 members (excludes halogenated alkanes) is 28. The van der Waals surface area contributed by atoms with Crippen molar-refractivity contribution in [2.24, 2.45) is 4.99 Å². The van der Waals surface area contributed by atoms with E-state index >= 15 is 0 Å². The summed E-state index contributed by atoms with van der Waals surface area (Å²) in [6.45, 7) is 0.664. The second kappa shape index (κ2) is 32.0. The van der Waals surface area contributed by atoms with E-state index in [1.807, 2.05) is 0 Å². The predicted octanol–water partition coefficient (Wildman–Crippen LogP) is 13.3. The first-order valence-corrected chi connectivity index (χ1v) is 21.9. The molecule has 0 aliphatic heterocycles. The van der Waals surface area contributed by atoms with Crippen molar-refractivity contribution in [1.29, 1.82) is 0 Å². The minimum atomic E-state index is -2.37. The molecule has 0 heterocycles. The largest absolute Gasteiger partial charge is 0.341 e. The Labute approximate surface area is 253 Å². The van der Waals surface area contributed by atoms with Crippen LogP contribution in [-0.4, -0.2) is 18.6 Å². The average molecular weight is 611 g/mol. The topological polar surface area (TPSA) is 29.4 Å². The summed E-state index contributed by atoms with van der Waals surface area (Å²) in [5.74, 6) is 0. The van der Waals surface area contributed by atoms with E-state index in [-0.39, 0.29) is 0 Å². The molecule has 0 bridgehead atoms. The van der Waals surface area contributed by atoms with Gasteiger partial charge in [0.05, 0.1) is 6.54 Å². The van der Waals surface area contributed by atoms with Gasteiger partial charge < -0.3 is 0 Å².